The molecule has 57 valence electrons. The van der Waals surface area contributed by atoms with E-state index in [1.54, 1.807) is 0 Å². The van der Waals surface area contributed by atoms with Gasteiger partial charge in [0.2, 0.25) is 0 Å². The van der Waals surface area contributed by atoms with E-state index in [9.17, 15) is 14.3 Å². The third-order valence-corrected chi connectivity index (χ3v) is 1.49. The van der Waals surface area contributed by atoms with Crippen molar-refractivity contribution in [2.45, 2.75) is 6.92 Å². The van der Waals surface area contributed by atoms with Crippen molar-refractivity contribution in [1.82, 2.24) is 0 Å². The zero-order valence-corrected chi connectivity index (χ0v) is 5.93. The summed E-state index contributed by atoms with van der Waals surface area (Å²) in [4.78, 5) is 10.3. The minimum Gasteiger partial charge on any atom is -0.241 e. The molecule has 0 aliphatic carbocycles. The first-order valence-corrected chi connectivity index (χ1v) is 3.09. The molecule has 0 saturated heterocycles. The number of carbonyl (C=O) groups is 1. The summed E-state index contributed by atoms with van der Waals surface area (Å²) in [5.74, 6) is -1.87. The third-order valence-electron chi connectivity index (χ3n) is 1.49. The van der Waals surface area contributed by atoms with Crippen LogP contribution in [0.2, 0.25) is 0 Å². The number of rotatable bonds is 1. The van der Waals surface area contributed by atoms with Crippen LogP contribution in [0.3, 0.4) is 0 Å². The van der Waals surface area contributed by atoms with Crippen LogP contribution in [0.25, 0.3) is 0 Å². The Bertz CT molecular complexity index is 294. The van der Waals surface area contributed by atoms with Gasteiger partial charge in [-0.05, 0) is 24.6 Å². The summed E-state index contributed by atoms with van der Waals surface area (Å²) in [6, 6.07) is 3.86. The molecular weight excluding hydrogens is 147 g/mol. The van der Waals surface area contributed by atoms with Gasteiger partial charge in [-0.25, -0.2) is 14.3 Å². The average Bonchev–Trinajstić information content (AvgIpc) is 1.94. The van der Waals surface area contributed by atoms with Gasteiger partial charge in [-0.1, -0.05) is 6.07 Å². The van der Waals surface area contributed by atoms with Gasteiger partial charge >= 0.3 is 5.97 Å². The molecule has 0 amide bonds. The third kappa shape index (κ3) is 1.37. The fourth-order valence-corrected chi connectivity index (χ4v) is 0.829. The van der Waals surface area contributed by atoms with Crippen LogP contribution in [-0.4, -0.2) is 5.97 Å². The Hall–Kier alpha value is -1.38. The predicted octanol–water partition coefficient (Wildman–Crippen LogP) is 1.70. The van der Waals surface area contributed by atoms with Gasteiger partial charge in [0.25, 0.3) is 0 Å². The molecule has 0 saturated carbocycles. The lowest BCUT2D eigenvalue weighted by atomic mass is 10.1. The van der Waals surface area contributed by atoms with Crippen LogP contribution in [0, 0.1) is 12.7 Å². The average molecular weight is 153 g/mol. The lowest BCUT2D eigenvalue weighted by Crippen LogP contribution is -1.99. The Morgan fingerprint density at radius 3 is 2.55 bits per heavy atom. The molecule has 0 N–H and O–H groups in total. The van der Waals surface area contributed by atoms with Crippen molar-refractivity contribution in [3.63, 3.8) is 0 Å². The molecular formula is C8H6FO2. The minimum atomic E-state index is -1.35. The van der Waals surface area contributed by atoms with Gasteiger partial charge in [0.1, 0.15) is 5.82 Å². The fourth-order valence-electron chi connectivity index (χ4n) is 0.829. The highest BCUT2D eigenvalue weighted by molar-refractivity contribution is 5.88. The van der Waals surface area contributed by atoms with Crippen molar-refractivity contribution in [3.05, 3.63) is 35.1 Å². The molecule has 0 atom stereocenters. The van der Waals surface area contributed by atoms with E-state index in [0.29, 0.717) is 0 Å². The van der Waals surface area contributed by atoms with Gasteiger partial charge in [0, 0.05) is 0 Å². The Morgan fingerprint density at radius 2 is 2.09 bits per heavy atom. The van der Waals surface area contributed by atoms with Crippen molar-refractivity contribution in [2.75, 3.05) is 0 Å². The van der Waals surface area contributed by atoms with Gasteiger partial charge in [-0.3, -0.25) is 0 Å². The molecule has 0 aliphatic heterocycles. The molecule has 0 unspecified atom stereocenters. The van der Waals surface area contributed by atoms with Crippen molar-refractivity contribution in [2.24, 2.45) is 0 Å². The Kier molecular flexibility index (Phi) is 1.89. The van der Waals surface area contributed by atoms with Crippen LogP contribution in [0.4, 0.5) is 4.39 Å². The first kappa shape index (κ1) is 7.72. The molecule has 0 fully saturated rings. The summed E-state index contributed by atoms with van der Waals surface area (Å²) < 4.78 is 12.6. The van der Waals surface area contributed by atoms with Crippen molar-refractivity contribution in [1.29, 1.82) is 0 Å². The largest absolute Gasteiger partial charge is 0.386 e. The number of carbonyl (C=O) groups excluding carboxylic acids is 1. The minimum absolute atomic E-state index is 0.0926. The maximum Gasteiger partial charge on any atom is 0.386 e. The van der Waals surface area contributed by atoms with Crippen molar-refractivity contribution < 1.29 is 14.3 Å². The standard InChI is InChI=1S/C8H6FO2/c1-5-6(8(10)11)3-2-4-7(5)9/h2-4H,1H3. The van der Waals surface area contributed by atoms with Gasteiger partial charge in [0.05, 0.1) is 5.56 Å². The van der Waals surface area contributed by atoms with Gasteiger partial charge in [0.15, 0.2) is 0 Å². The van der Waals surface area contributed by atoms with Crippen LogP contribution < -0.4 is 0 Å². The highest BCUT2D eigenvalue weighted by Gasteiger charge is 2.10. The smallest absolute Gasteiger partial charge is 0.241 e. The molecule has 3 heteroatoms. The first-order valence-electron chi connectivity index (χ1n) is 3.09. The quantitative estimate of drug-likeness (QED) is 0.605. The van der Waals surface area contributed by atoms with Gasteiger partial charge in [-0.2, -0.15) is 0 Å². The molecule has 2 nitrogen and oxygen atoms in total. The van der Waals surface area contributed by atoms with E-state index in [0.717, 1.165) is 0 Å². The second-order valence-corrected chi connectivity index (χ2v) is 2.20. The highest BCUT2D eigenvalue weighted by atomic mass is 19.1. The topological polar surface area (TPSA) is 37.0 Å². The molecule has 0 aliphatic rings. The maximum absolute atomic E-state index is 12.6. The van der Waals surface area contributed by atoms with E-state index in [-0.39, 0.29) is 11.1 Å². The monoisotopic (exact) mass is 153 g/mol. The van der Waals surface area contributed by atoms with Crippen molar-refractivity contribution in [3.8, 4) is 0 Å². The van der Waals surface area contributed by atoms with Crippen LogP contribution >= 0.6 is 0 Å². The molecule has 0 aromatic heterocycles. The molecule has 1 rings (SSSR count). The lowest BCUT2D eigenvalue weighted by Gasteiger charge is -1.97. The Balaban J connectivity index is 3.27. The summed E-state index contributed by atoms with van der Waals surface area (Å²) in [6.45, 7) is 1.40. The summed E-state index contributed by atoms with van der Waals surface area (Å²) in [5, 5.41) is 10.3. The molecule has 1 aromatic carbocycles. The van der Waals surface area contributed by atoms with E-state index in [1.165, 1.54) is 25.1 Å². The van der Waals surface area contributed by atoms with E-state index < -0.39 is 11.8 Å². The number of benzene rings is 1. The maximum atomic E-state index is 12.6. The van der Waals surface area contributed by atoms with E-state index >= 15 is 0 Å². The molecule has 0 heterocycles. The second kappa shape index (κ2) is 2.70. The Morgan fingerprint density at radius 1 is 1.45 bits per heavy atom. The molecule has 1 radical (unpaired) electrons. The van der Waals surface area contributed by atoms with E-state index in [4.69, 9.17) is 0 Å². The lowest BCUT2D eigenvalue weighted by molar-refractivity contribution is 0.0571. The zero-order chi connectivity index (χ0) is 8.43. The van der Waals surface area contributed by atoms with E-state index in [2.05, 4.69) is 0 Å². The first-order chi connectivity index (χ1) is 5.13. The summed E-state index contributed by atoms with van der Waals surface area (Å²) in [7, 11) is 0. The van der Waals surface area contributed by atoms with Crippen LogP contribution in [0.5, 0.6) is 0 Å². The predicted molar refractivity (Wildman–Crippen MR) is 36.2 cm³/mol. The Labute approximate surface area is 63.3 Å². The zero-order valence-electron chi connectivity index (χ0n) is 5.93. The normalized spacial score (nSPS) is 9.64. The van der Waals surface area contributed by atoms with Crippen molar-refractivity contribution >= 4 is 5.97 Å². The molecule has 11 heavy (non-hydrogen) atoms. The number of hydrogen-bond acceptors (Lipinski definition) is 1. The molecule has 1 aromatic rings. The molecule has 0 bridgehead atoms. The summed E-state index contributed by atoms with van der Waals surface area (Å²) in [6.07, 6.45) is 0. The van der Waals surface area contributed by atoms with Crippen LogP contribution in [0.1, 0.15) is 15.9 Å². The van der Waals surface area contributed by atoms with E-state index in [1.807, 2.05) is 0 Å². The summed E-state index contributed by atoms with van der Waals surface area (Å²) in [5.41, 5.74) is 0.0255. The second-order valence-electron chi connectivity index (χ2n) is 2.20. The number of halogens is 1. The van der Waals surface area contributed by atoms with Crippen LogP contribution in [-0.2, 0) is 5.11 Å². The molecule has 0 spiro atoms. The number of hydrogen-bond donors (Lipinski definition) is 0. The van der Waals surface area contributed by atoms with Gasteiger partial charge < -0.3 is 0 Å². The highest BCUT2D eigenvalue weighted by Crippen LogP contribution is 2.11. The SMILES string of the molecule is Cc1c(F)cccc1C([O])=O. The van der Waals surface area contributed by atoms with Gasteiger partial charge in [-0.15, -0.1) is 0 Å². The fraction of sp³-hybridized carbons (Fsp3) is 0.125. The summed E-state index contributed by atoms with van der Waals surface area (Å²) >= 11 is 0. The van der Waals surface area contributed by atoms with Crippen LogP contribution in [0.15, 0.2) is 18.2 Å².